The van der Waals surface area contributed by atoms with Crippen LogP contribution in [0.25, 0.3) is 11.3 Å². The number of ether oxygens (including phenoxy) is 2. The van der Waals surface area contributed by atoms with Gasteiger partial charge in [0, 0.05) is 16.1 Å². The third-order valence-corrected chi connectivity index (χ3v) is 5.11. The molecule has 0 atom stereocenters. The summed E-state index contributed by atoms with van der Waals surface area (Å²) in [5.41, 5.74) is 5.51. The normalized spacial score (nSPS) is 10.9. The van der Waals surface area contributed by atoms with Gasteiger partial charge in [0.2, 0.25) is 0 Å². The minimum atomic E-state index is -0.330. The summed E-state index contributed by atoms with van der Waals surface area (Å²) in [6.45, 7) is 0.918. The Bertz CT molecular complexity index is 1270. The molecular formula is C25H22ClN5O3. The van der Waals surface area contributed by atoms with Crippen molar-refractivity contribution in [1.82, 2.24) is 20.4 Å². The van der Waals surface area contributed by atoms with Crippen LogP contribution in [-0.2, 0) is 6.54 Å². The van der Waals surface area contributed by atoms with Crippen LogP contribution in [0.3, 0.4) is 0 Å². The van der Waals surface area contributed by atoms with Gasteiger partial charge in [-0.25, -0.2) is 10.1 Å². The van der Waals surface area contributed by atoms with E-state index in [0.717, 1.165) is 16.8 Å². The fraction of sp³-hybridized carbons (Fsp3) is 0.120. The number of halogens is 1. The molecule has 0 spiro atoms. The molecule has 1 amide bonds. The molecule has 1 aromatic heterocycles. The second-order valence-electron chi connectivity index (χ2n) is 7.20. The summed E-state index contributed by atoms with van der Waals surface area (Å²) in [6, 6.07) is 21.8. The van der Waals surface area contributed by atoms with E-state index in [1.807, 2.05) is 42.6 Å². The Hall–Kier alpha value is -4.17. The van der Waals surface area contributed by atoms with Crippen LogP contribution in [0.5, 0.6) is 11.5 Å². The number of hydrazone groups is 1. The summed E-state index contributed by atoms with van der Waals surface area (Å²) in [6.07, 6.45) is 3.41. The first-order valence-corrected chi connectivity index (χ1v) is 10.9. The highest BCUT2D eigenvalue weighted by Crippen LogP contribution is 2.27. The molecule has 1 N–H and O–H groups in total. The van der Waals surface area contributed by atoms with Crippen LogP contribution >= 0.6 is 11.6 Å². The maximum absolute atomic E-state index is 12.1. The average Bonchev–Trinajstić information content (AvgIpc) is 3.34. The lowest BCUT2D eigenvalue weighted by Crippen LogP contribution is -2.17. The van der Waals surface area contributed by atoms with E-state index < -0.39 is 0 Å². The Balaban J connectivity index is 1.31. The van der Waals surface area contributed by atoms with Crippen molar-refractivity contribution in [2.75, 3.05) is 13.7 Å². The number of nitrogens with one attached hydrogen (secondary N) is 1. The molecule has 0 aliphatic rings. The van der Waals surface area contributed by atoms with E-state index >= 15 is 0 Å². The van der Waals surface area contributed by atoms with Crippen molar-refractivity contribution in [3.8, 4) is 22.8 Å². The number of aromatic nitrogens is 3. The number of rotatable bonds is 9. The Morgan fingerprint density at radius 1 is 1.09 bits per heavy atom. The third-order valence-electron chi connectivity index (χ3n) is 4.86. The highest BCUT2D eigenvalue weighted by Gasteiger charge is 2.08. The predicted octanol–water partition coefficient (Wildman–Crippen LogP) is 4.45. The molecule has 0 aliphatic heterocycles. The van der Waals surface area contributed by atoms with Gasteiger partial charge in [-0.05, 0) is 48.0 Å². The molecule has 8 nitrogen and oxygen atoms in total. The van der Waals surface area contributed by atoms with Gasteiger partial charge in [0.05, 0.1) is 26.1 Å². The fourth-order valence-corrected chi connectivity index (χ4v) is 3.24. The maximum Gasteiger partial charge on any atom is 0.271 e. The lowest BCUT2D eigenvalue weighted by Gasteiger charge is -2.11. The third kappa shape index (κ3) is 5.99. The Kier molecular flexibility index (Phi) is 7.52. The molecule has 9 heteroatoms. The van der Waals surface area contributed by atoms with Crippen molar-refractivity contribution >= 4 is 23.7 Å². The summed E-state index contributed by atoms with van der Waals surface area (Å²) in [7, 11) is 1.56. The van der Waals surface area contributed by atoms with Gasteiger partial charge in [0.25, 0.3) is 5.91 Å². The first-order chi connectivity index (χ1) is 16.6. The largest absolute Gasteiger partial charge is 0.493 e. The minimum absolute atomic E-state index is 0.330. The topological polar surface area (TPSA) is 90.6 Å². The first kappa shape index (κ1) is 23.0. The lowest BCUT2D eigenvalue weighted by molar-refractivity contribution is 0.0955. The van der Waals surface area contributed by atoms with Crippen molar-refractivity contribution in [2.45, 2.75) is 6.54 Å². The van der Waals surface area contributed by atoms with Crippen LogP contribution in [0.4, 0.5) is 0 Å². The summed E-state index contributed by atoms with van der Waals surface area (Å²) in [4.78, 5) is 12.1. The molecule has 172 valence electrons. The van der Waals surface area contributed by atoms with Crippen LogP contribution in [0.1, 0.15) is 15.9 Å². The Morgan fingerprint density at radius 2 is 1.88 bits per heavy atom. The number of methoxy groups -OCH3 is 1. The number of amides is 1. The molecule has 1 heterocycles. The van der Waals surface area contributed by atoms with Crippen LogP contribution in [0.2, 0.25) is 5.02 Å². The van der Waals surface area contributed by atoms with Crippen molar-refractivity contribution < 1.29 is 14.3 Å². The number of carbonyl (C=O) groups excluding carboxylic acids is 1. The molecule has 0 fully saturated rings. The molecular weight excluding hydrogens is 454 g/mol. The SMILES string of the molecule is COc1cc(/C=N/NC(=O)c2ccc(Cl)cc2)ccc1OCCn1cc(-c2ccccc2)nn1. The van der Waals surface area contributed by atoms with Gasteiger partial charge < -0.3 is 9.47 Å². The molecule has 0 saturated heterocycles. The molecule has 4 aromatic rings. The van der Waals surface area contributed by atoms with Crippen molar-refractivity contribution in [3.63, 3.8) is 0 Å². The van der Waals surface area contributed by atoms with Gasteiger partial charge >= 0.3 is 0 Å². The van der Waals surface area contributed by atoms with Crippen molar-refractivity contribution in [1.29, 1.82) is 0 Å². The zero-order valence-corrected chi connectivity index (χ0v) is 19.1. The molecule has 0 aliphatic carbocycles. The fourth-order valence-electron chi connectivity index (χ4n) is 3.11. The first-order valence-electron chi connectivity index (χ1n) is 10.5. The number of carbonyl (C=O) groups is 1. The van der Waals surface area contributed by atoms with Crippen LogP contribution < -0.4 is 14.9 Å². The average molecular weight is 476 g/mol. The van der Waals surface area contributed by atoms with Gasteiger partial charge in [-0.3, -0.25) is 4.79 Å². The summed E-state index contributed by atoms with van der Waals surface area (Å²) >= 11 is 5.84. The predicted molar refractivity (Wildman–Crippen MR) is 130 cm³/mol. The molecule has 4 rings (SSSR count). The quantitative estimate of drug-likeness (QED) is 0.285. The molecule has 34 heavy (non-hydrogen) atoms. The summed E-state index contributed by atoms with van der Waals surface area (Å²) in [5, 5.41) is 12.9. The smallest absolute Gasteiger partial charge is 0.271 e. The number of hydrogen-bond acceptors (Lipinski definition) is 6. The van der Waals surface area contributed by atoms with Crippen LogP contribution in [0.15, 0.2) is 84.1 Å². The van der Waals surface area contributed by atoms with Gasteiger partial charge in [0.1, 0.15) is 12.3 Å². The van der Waals surface area contributed by atoms with E-state index in [-0.39, 0.29) is 5.91 Å². The van der Waals surface area contributed by atoms with E-state index in [1.54, 1.807) is 48.2 Å². The highest BCUT2D eigenvalue weighted by atomic mass is 35.5. The molecule has 0 unspecified atom stereocenters. The van der Waals surface area contributed by atoms with Gasteiger partial charge in [0.15, 0.2) is 11.5 Å². The number of nitrogens with zero attached hydrogens (tertiary/aromatic N) is 4. The Morgan fingerprint density at radius 3 is 2.65 bits per heavy atom. The number of hydrogen-bond donors (Lipinski definition) is 1. The standard InChI is InChI=1S/C25H22ClN5O3/c1-33-24-15-18(16-27-29-25(32)20-8-10-21(26)11-9-20)7-12-23(24)34-14-13-31-17-22(28-30-31)19-5-3-2-4-6-19/h2-12,15-17H,13-14H2,1H3,(H,29,32)/b27-16+. The van der Waals surface area contributed by atoms with Gasteiger partial charge in [-0.15, -0.1) is 5.10 Å². The van der Waals surface area contributed by atoms with Crippen molar-refractivity contribution in [3.05, 3.63) is 95.1 Å². The zero-order chi connectivity index (χ0) is 23.8. The molecule has 0 saturated carbocycles. The highest BCUT2D eigenvalue weighted by molar-refractivity contribution is 6.30. The summed E-state index contributed by atoms with van der Waals surface area (Å²) < 4.78 is 13.0. The lowest BCUT2D eigenvalue weighted by atomic mass is 10.2. The van der Waals surface area contributed by atoms with Gasteiger partial charge in [-0.1, -0.05) is 47.1 Å². The zero-order valence-electron chi connectivity index (χ0n) is 18.4. The second kappa shape index (κ2) is 11.1. The number of benzene rings is 3. The second-order valence-corrected chi connectivity index (χ2v) is 7.63. The van der Waals surface area contributed by atoms with E-state index in [9.17, 15) is 4.79 Å². The van der Waals surface area contributed by atoms with E-state index in [4.69, 9.17) is 21.1 Å². The van der Waals surface area contributed by atoms with E-state index in [2.05, 4.69) is 20.8 Å². The van der Waals surface area contributed by atoms with E-state index in [0.29, 0.717) is 35.2 Å². The monoisotopic (exact) mass is 475 g/mol. The Labute approximate surface area is 201 Å². The minimum Gasteiger partial charge on any atom is -0.493 e. The van der Waals surface area contributed by atoms with E-state index in [1.165, 1.54) is 6.21 Å². The summed E-state index contributed by atoms with van der Waals surface area (Å²) in [5.74, 6) is 0.813. The molecule has 0 bridgehead atoms. The van der Waals surface area contributed by atoms with Crippen LogP contribution in [-0.4, -0.2) is 40.8 Å². The van der Waals surface area contributed by atoms with Gasteiger partial charge in [-0.2, -0.15) is 5.10 Å². The maximum atomic E-state index is 12.1. The van der Waals surface area contributed by atoms with Crippen molar-refractivity contribution in [2.24, 2.45) is 5.10 Å². The molecule has 3 aromatic carbocycles. The molecule has 0 radical (unpaired) electrons. The van der Waals surface area contributed by atoms with Crippen LogP contribution in [0, 0.1) is 0 Å².